The molecule has 6 nitrogen and oxygen atoms in total. The van der Waals surface area contributed by atoms with Gasteiger partial charge in [0.15, 0.2) is 0 Å². The highest BCUT2D eigenvalue weighted by molar-refractivity contribution is 7.12. The summed E-state index contributed by atoms with van der Waals surface area (Å²) in [5.74, 6) is -2.19. The molecule has 0 saturated heterocycles. The molecule has 0 atom stereocenters. The van der Waals surface area contributed by atoms with Crippen molar-refractivity contribution in [3.8, 4) is 0 Å². The number of halogens is 1. The lowest BCUT2D eigenvalue weighted by Crippen LogP contribution is -2.38. The molecule has 3 N–H and O–H groups in total. The molecule has 1 heterocycles. The summed E-state index contributed by atoms with van der Waals surface area (Å²) in [6.45, 7) is -0.769. The average molecular weight is 277 g/mol. The number of amides is 2. The van der Waals surface area contributed by atoms with E-state index in [4.69, 9.17) is 16.7 Å². The van der Waals surface area contributed by atoms with Crippen LogP contribution in [0.4, 0.5) is 0 Å². The number of carbonyl (C=O) groups excluding carboxylic acids is 2. The van der Waals surface area contributed by atoms with Gasteiger partial charge in [0.2, 0.25) is 5.91 Å². The second-order valence-corrected chi connectivity index (χ2v) is 4.27. The molecule has 0 saturated carbocycles. The predicted molar refractivity (Wildman–Crippen MR) is 62.3 cm³/mol. The molecular formula is C9H9ClN2O4S. The zero-order valence-electron chi connectivity index (χ0n) is 8.53. The van der Waals surface area contributed by atoms with E-state index in [1.807, 2.05) is 0 Å². The molecule has 0 radical (unpaired) electrons. The van der Waals surface area contributed by atoms with E-state index in [9.17, 15) is 14.4 Å². The first kappa shape index (κ1) is 13.5. The number of carbonyl (C=O) groups is 3. The summed E-state index contributed by atoms with van der Waals surface area (Å²) in [4.78, 5) is 33.0. The van der Waals surface area contributed by atoms with Crippen LogP contribution >= 0.6 is 22.9 Å². The maximum absolute atomic E-state index is 11.5. The Hall–Kier alpha value is -1.60. The lowest BCUT2D eigenvalue weighted by atomic mass is 10.4. The van der Waals surface area contributed by atoms with Gasteiger partial charge in [0, 0.05) is 0 Å². The summed E-state index contributed by atoms with van der Waals surface area (Å²) < 4.78 is 0. The van der Waals surface area contributed by atoms with Crippen LogP contribution in [0.15, 0.2) is 11.4 Å². The molecule has 2 amide bonds. The number of hydrogen-bond acceptors (Lipinski definition) is 4. The molecule has 0 aliphatic heterocycles. The van der Waals surface area contributed by atoms with Crippen molar-refractivity contribution in [2.45, 2.75) is 0 Å². The van der Waals surface area contributed by atoms with Gasteiger partial charge in [0.25, 0.3) is 5.91 Å². The van der Waals surface area contributed by atoms with Crippen molar-refractivity contribution in [3.05, 3.63) is 21.3 Å². The maximum Gasteiger partial charge on any atom is 0.322 e. The lowest BCUT2D eigenvalue weighted by Gasteiger charge is -2.04. The smallest absolute Gasteiger partial charge is 0.322 e. The van der Waals surface area contributed by atoms with Crippen LogP contribution in [0.25, 0.3) is 0 Å². The molecule has 0 aliphatic carbocycles. The van der Waals surface area contributed by atoms with Crippen molar-refractivity contribution < 1.29 is 19.5 Å². The molecule has 0 aromatic carbocycles. The van der Waals surface area contributed by atoms with Gasteiger partial charge < -0.3 is 15.7 Å². The topological polar surface area (TPSA) is 95.5 Å². The molecule has 92 valence electrons. The van der Waals surface area contributed by atoms with E-state index in [-0.39, 0.29) is 6.54 Å². The Labute approximate surface area is 106 Å². The largest absolute Gasteiger partial charge is 0.480 e. The minimum absolute atomic E-state index is 0.291. The van der Waals surface area contributed by atoms with Gasteiger partial charge in [-0.15, -0.1) is 11.3 Å². The van der Waals surface area contributed by atoms with Crippen molar-refractivity contribution in [1.82, 2.24) is 10.6 Å². The van der Waals surface area contributed by atoms with Gasteiger partial charge in [0.1, 0.15) is 11.4 Å². The van der Waals surface area contributed by atoms with E-state index in [0.29, 0.717) is 9.90 Å². The van der Waals surface area contributed by atoms with E-state index in [2.05, 4.69) is 10.6 Å². The quantitative estimate of drug-likeness (QED) is 0.722. The SMILES string of the molecule is O=C(O)CNC(=O)CNC(=O)c1sccc1Cl. The minimum Gasteiger partial charge on any atom is -0.480 e. The van der Waals surface area contributed by atoms with Crippen LogP contribution in [-0.2, 0) is 9.59 Å². The molecule has 8 heteroatoms. The average Bonchev–Trinajstić information content (AvgIpc) is 2.69. The van der Waals surface area contributed by atoms with Gasteiger partial charge in [-0.2, -0.15) is 0 Å². The van der Waals surface area contributed by atoms with E-state index >= 15 is 0 Å². The lowest BCUT2D eigenvalue weighted by molar-refractivity contribution is -0.137. The van der Waals surface area contributed by atoms with Gasteiger partial charge in [-0.25, -0.2) is 0 Å². The Morgan fingerprint density at radius 2 is 2.00 bits per heavy atom. The predicted octanol–water partition coefficient (Wildman–Crippen LogP) is 0.332. The third-order valence-electron chi connectivity index (χ3n) is 1.67. The second-order valence-electron chi connectivity index (χ2n) is 2.95. The van der Waals surface area contributed by atoms with Gasteiger partial charge in [-0.1, -0.05) is 11.6 Å². The first-order chi connectivity index (χ1) is 8.00. The molecule has 1 rings (SSSR count). The molecule has 1 aromatic rings. The summed E-state index contributed by atoms with van der Waals surface area (Å²) in [6.07, 6.45) is 0. The highest BCUT2D eigenvalue weighted by atomic mass is 35.5. The van der Waals surface area contributed by atoms with Crippen LogP contribution in [0, 0.1) is 0 Å². The zero-order valence-corrected chi connectivity index (χ0v) is 10.1. The molecule has 0 unspecified atom stereocenters. The first-order valence-corrected chi connectivity index (χ1v) is 5.76. The molecule has 0 fully saturated rings. The Morgan fingerprint density at radius 3 is 2.53 bits per heavy atom. The monoisotopic (exact) mass is 276 g/mol. The van der Waals surface area contributed by atoms with Crippen LogP contribution in [0.1, 0.15) is 9.67 Å². The van der Waals surface area contributed by atoms with Crippen molar-refractivity contribution >= 4 is 40.7 Å². The number of nitrogens with one attached hydrogen (secondary N) is 2. The molecule has 0 spiro atoms. The Bertz CT molecular complexity index is 446. The fourth-order valence-electron chi connectivity index (χ4n) is 0.933. The maximum atomic E-state index is 11.5. The highest BCUT2D eigenvalue weighted by Crippen LogP contribution is 2.21. The van der Waals surface area contributed by atoms with E-state index in [1.165, 1.54) is 0 Å². The summed E-state index contributed by atoms with van der Waals surface area (Å²) in [5, 5.41) is 14.7. The molecular weight excluding hydrogens is 268 g/mol. The van der Waals surface area contributed by atoms with Crippen LogP contribution in [0.5, 0.6) is 0 Å². The Morgan fingerprint density at radius 1 is 1.29 bits per heavy atom. The number of aliphatic carboxylic acids is 1. The van der Waals surface area contributed by atoms with E-state index in [0.717, 1.165) is 11.3 Å². The van der Waals surface area contributed by atoms with Crippen LogP contribution in [-0.4, -0.2) is 36.0 Å². The summed E-state index contributed by atoms with van der Waals surface area (Å²) >= 11 is 6.88. The van der Waals surface area contributed by atoms with E-state index < -0.39 is 24.3 Å². The van der Waals surface area contributed by atoms with Gasteiger partial charge in [-0.3, -0.25) is 14.4 Å². The number of hydrogen-bond donors (Lipinski definition) is 3. The molecule has 1 aromatic heterocycles. The first-order valence-electron chi connectivity index (χ1n) is 4.50. The summed E-state index contributed by atoms with van der Waals surface area (Å²) in [5.41, 5.74) is 0. The zero-order chi connectivity index (χ0) is 12.8. The Balaban J connectivity index is 2.36. The fourth-order valence-corrected chi connectivity index (χ4v) is 1.99. The third-order valence-corrected chi connectivity index (χ3v) is 3.01. The number of rotatable bonds is 5. The number of carboxylic acids is 1. The van der Waals surface area contributed by atoms with Crippen molar-refractivity contribution in [2.75, 3.05) is 13.1 Å². The van der Waals surface area contributed by atoms with Gasteiger partial charge >= 0.3 is 5.97 Å². The summed E-state index contributed by atoms with van der Waals surface area (Å²) in [7, 11) is 0. The molecule has 17 heavy (non-hydrogen) atoms. The van der Waals surface area contributed by atoms with Gasteiger partial charge in [-0.05, 0) is 11.4 Å². The van der Waals surface area contributed by atoms with Crippen LogP contribution in [0.2, 0.25) is 5.02 Å². The number of carboxylic acid groups (broad SMARTS) is 1. The summed E-state index contributed by atoms with van der Waals surface area (Å²) in [6, 6.07) is 1.58. The molecule has 0 aliphatic rings. The Kier molecular flexibility index (Phi) is 4.92. The number of thiophene rings is 1. The minimum atomic E-state index is -1.15. The second kappa shape index (κ2) is 6.21. The highest BCUT2D eigenvalue weighted by Gasteiger charge is 2.12. The van der Waals surface area contributed by atoms with Crippen molar-refractivity contribution in [3.63, 3.8) is 0 Å². The van der Waals surface area contributed by atoms with Crippen molar-refractivity contribution in [2.24, 2.45) is 0 Å². The molecule has 0 bridgehead atoms. The van der Waals surface area contributed by atoms with Crippen molar-refractivity contribution in [1.29, 1.82) is 0 Å². The van der Waals surface area contributed by atoms with Gasteiger partial charge in [0.05, 0.1) is 11.6 Å². The third kappa shape index (κ3) is 4.41. The standard InChI is InChI=1S/C9H9ClN2O4S/c10-5-1-2-17-8(5)9(16)12-3-6(13)11-4-7(14)15/h1-2H,3-4H2,(H,11,13)(H,12,16)(H,14,15). The van der Waals surface area contributed by atoms with Crippen LogP contribution in [0.3, 0.4) is 0 Å². The van der Waals surface area contributed by atoms with Crippen LogP contribution < -0.4 is 10.6 Å². The van der Waals surface area contributed by atoms with E-state index in [1.54, 1.807) is 11.4 Å². The fraction of sp³-hybridized carbons (Fsp3) is 0.222. The normalized spacial score (nSPS) is 9.71.